The first-order valence-electron chi connectivity index (χ1n) is 6.42. The summed E-state index contributed by atoms with van der Waals surface area (Å²) in [5.74, 6) is -0.368. The zero-order valence-electron chi connectivity index (χ0n) is 11.6. The SMILES string of the molecule is CC(C)NC(=O)/C(C#N)=C\NCCc1ccccc1Cl. The molecule has 1 amide bonds. The molecular formula is C15H18ClN3O. The van der Waals surface area contributed by atoms with Gasteiger partial charge in [-0.05, 0) is 31.9 Å². The number of amides is 1. The lowest BCUT2D eigenvalue weighted by atomic mass is 10.1. The first-order valence-corrected chi connectivity index (χ1v) is 6.80. The van der Waals surface area contributed by atoms with Crippen molar-refractivity contribution >= 4 is 17.5 Å². The zero-order valence-corrected chi connectivity index (χ0v) is 12.4. The molecule has 5 heteroatoms. The van der Waals surface area contributed by atoms with Crippen LogP contribution in [0.1, 0.15) is 19.4 Å². The van der Waals surface area contributed by atoms with Gasteiger partial charge in [-0.2, -0.15) is 5.26 Å². The smallest absolute Gasteiger partial charge is 0.263 e. The predicted octanol–water partition coefficient (Wildman–Crippen LogP) is 2.40. The van der Waals surface area contributed by atoms with E-state index in [1.165, 1.54) is 6.20 Å². The van der Waals surface area contributed by atoms with Gasteiger partial charge in [-0.25, -0.2) is 0 Å². The number of nitrogens with zero attached hydrogens (tertiary/aromatic N) is 1. The zero-order chi connectivity index (χ0) is 15.0. The Labute approximate surface area is 124 Å². The quantitative estimate of drug-likeness (QED) is 0.480. The second-order valence-corrected chi connectivity index (χ2v) is 5.00. The fourth-order valence-corrected chi connectivity index (χ4v) is 1.80. The second kappa shape index (κ2) is 8.23. The van der Waals surface area contributed by atoms with E-state index in [-0.39, 0.29) is 17.5 Å². The Morgan fingerprint density at radius 2 is 2.15 bits per heavy atom. The number of benzene rings is 1. The number of hydrogen-bond donors (Lipinski definition) is 2. The number of nitrogens with one attached hydrogen (secondary N) is 2. The van der Waals surface area contributed by atoms with Gasteiger partial charge in [0.2, 0.25) is 0 Å². The molecule has 0 spiro atoms. The van der Waals surface area contributed by atoms with Crippen LogP contribution in [0, 0.1) is 11.3 Å². The summed E-state index contributed by atoms with van der Waals surface area (Å²) in [6.45, 7) is 4.29. The summed E-state index contributed by atoms with van der Waals surface area (Å²) in [5, 5.41) is 15.3. The Morgan fingerprint density at radius 3 is 2.75 bits per heavy atom. The number of halogens is 1. The summed E-state index contributed by atoms with van der Waals surface area (Å²) in [7, 11) is 0. The standard InChI is InChI=1S/C15H18ClN3O/c1-11(2)19-15(20)13(9-17)10-18-8-7-12-5-3-4-6-14(12)16/h3-6,10-11,18H,7-8H2,1-2H3,(H,19,20)/b13-10-. The third-order valence-corrected chi connectivity index (χ3v) is 2.90. The Kier molecular flexibility index (Phi) is 6.61. The number of carbonyl (C=O) groups excluding carboxylic acids is 1. The molecule has 20 heavy (non-hydrogen) atoms. The van der Waals surface area contributed by atoms with Crippen LogP contribution in [0.2, 0.25) is 5.02 Å². The normalized spacial score (nSPS) is 11.1. The van der Waals surface area contributed by atoms with Crippen molar-refractivity contribution in [2.24, 2.45) is 0 Å². The molecule has 0 aromatic heterocycles. The minimum Gasteiger partial charge on any atom is -0.389 e. The molecule has 1 aromatic rings. The van der Waals surface area contributed by atoms with Gasteiger partial charge in [0.15, 0.2) is 0 Å². The summed E-state index contributed by atoms with van der Waals surface area (Å²) in [6.07, 6.45) is 2.16. The van der Waals surface area contributed by atoms with Crippen LogP contribution in [0.3, 0.4) is 0 Å². The maximum atomic E-state index is 11.6. The molecular weight excluding hydrogens is 274 g/mol. The van der Waals surface area contributed by atoms with Crippen molar-refractivity contribution in [1.29, 1.82) is 5.26 Å². The Balaban J connectivity index is 2.49. The Morgan fingerprint density at radius 1 is 1.45 bits per heavy atom. The van der Waals surface area contributed by atoms with E-state index in [0.29, 0.717) is 6.54 Å². The molecule has 1 rings (SSSR count). The molecule has 2 N–H and O–H groups in total. The van der Waals surface area contributed by atoms with E-state index in [0.717, 1.165) is 17.0 Å². The van der Waals surface area contributed by atoms with E-state index < -0.39 is 0 Å². The fraction of sp³-hybridized carbons (Fsp3) is 0.333. The maximum Gasteiger partial charge on any atom is 0.263 e. The van der Waals surface area contributed by atoms with Gasteiger partial charge in [0.25, 0.3) is 5.91 Å². The van der Waals surface area contributed by atoms with Gasteiger partial charge in [0.1, 0.15) is 11.6 Å². The second-order valence-electron chi connectivity index (χ2n) is 4.59. The summed E-state index contributed by atoms with van der Waals surface area (Å²) in [4.78, 5) is 11.6. The largest absolute Gasteiger partial charge is 0.389 e. The highest BCUT2D eigenvalue weighted by Gasteiger charge is 2.09. The van der Waals surface area contributed by atoms with Gasteiger partial charge >= 0.3 is 0 Å². The van der Waals surface area contributed by atoms with Crippen molar-refractivity contribution in [3.05, 3.63) is 46.6 Å². The van der Waals surface area contributed by atoms with E-state index in [4.69, 9.17) is 16.9 Å². The van der Waals surface area contributed by atoms with Crippen molar-refractivity contribution in [1.82, 2.24) is 10.6 Å². The van der Waals surface area contributed by atoms with Gasteiger partial charge in [-0.15, -0.1) is 0 Å². The topological polar surface area (TPSA) is 64.9 Å². The van der Waals surface area contributed by atoms with Gasteiger partial charge in [0.05, 0.1) is 0 Å². The molecule has 4 nitrogen and oxygen atoms in total. The van der Waals surface area contributed by atoms with Crippen molar-refractivity contribution in [2.45, 2.75) is 26.3 Å². The lowest BCUT2D eigenvalue weighted by molar-refractivity contribution is -0.117. The number of hydrogen-bond acceptors (Lipinski definition) is 3. The van der Waals surface area contributed by atoms with Crippen LogP contribution < -0.4 is 10.6 Å². The molecule has 0 saturated carbocycles. The molecule has 0 bridgehead atoms. The first kappa shape index (κ1) is 16.1. The molecule has 0 fully saturated rings. The third kappa shape index (κ3) is 5.33. The predicted molar refractivity (Wildman–Crippen MR) is 80.1 cm³/mol. The van der Waals surface area contributed by atoms with Crippen LogP contribution in [-0.2, 0) is 11.2 Å². The van der Waals surface area contributed by atoms with Gasteiger partial charge in [0, 0.05) is 23.8 Å². The Bertz CT molecular complexity index is 532. The molecule has 0 aliphatic rings. The van der Waals surface area contributed by atoms with Crippen LogP contribution in [0.25, 0.3) is 0 Å². The van der Waals surface area contributed by atoms with Gasteiger partial charge in [-0.3, -0.25) is 4.79 Å². The van der Waals surface area contributed by atoms with Crippen molar-refractivity contribution in [2.75, 3.05) is 6.54 Å². The molecule has 0 aliphatic heterocycles. The molecule has 0 atom stereocenters. The van der Waals surface area contributed by atoms with Crippen LogP contribution in [0.15, 0.2) is 36.0 Å². The number of nitriles is 1. The molecule has 106 valence electrons. The number of carbonyl (C=O) groups is 1. The van der Waals surface area contributed by atoms with Crippen LogP contribution in [-0.4, -0.2) is 18.5 Å². The summed E-state index contributed by atoms with van der Waals surface area (Å²) in [6, 6.07) is 9.47. The minimum atomic E-state index is -0.368. The fourth-order valence-electron chi connectivity index (χ4n) is 1.57. The van der Waals surface area contributed by atoms with E-state index in [2.05, 4.69) is 10.6 Å². The molecule has 0 heterocycles. The minimum absolute atomic E-state index is 0.00220. The highest BCUT2D eigenvalue weighted by molar-refractivity contribution is 6.31. The lowest BCUT2D eigenvalue weighted by Crippen LogP contribution is -2.31. The average molecular weight is 292 g/mol. The molecule has 1 aromatic carbocycles. The van der Waals surface area contributed by atoms with Crippen molar-refractivity contribution in [3.8, 4) is 6.07 Å². The monoisotopic (exact) mass is 291 g/mol. The highest BCUT2D eigenvalue weighted by atomic mass is 35.5. The Hall–Kier alpha value is -1.99. The molecule has 0 aliphatic carbocycles. The van der Waals surface area contributed by atoms with Crippen LogP contribution in [0.5, 0.6) is 0 Å². The maximum absolute atomic E-state index is 11.6. The summed E-state index contributed by atoms with van der Waals surface area (Å²) in [5.41, 5.74) is 1.10. The molecule has 0 unspecified atom stereocenters. The number of rotatable bonds is 6. The summed E-state index contributed by atoms with van der Waals surface area (Å²) < 4.78 is 0. The van der Waals surface area contributed by atoms with Gasteiger partial charge in [-0.1, -0.05) is 29.8 Å². The summed E-state index contributed by atoms with van der Waals surface area (Å²) >= 11 is 6.04. The van der Waals surface area contributed by atoms with E-state index >= 15 is 0 Å². The van der Waals surface area contributed by atoms with Gasteiger partial charge < -0.3 is 10.6 Å². The first-order chi connectivity index (χ1) is 9.54. The van der Waals surface area contributed by atoms with Crippen molar-refractivity contribution < 1.29 is 4.79 Å². The van der Waals surface area contributed by atoms with E-state index in [1.807, 2.05) is 44.2 Å². The van der Waals surface area contributed by atoms with E-state index in [9.17, 15) is 4.79 Å². The van der Waals surface area contributed by atoms with Crippen LogP contribution >= 0.6 is 11.6 Å². The van der Waals surface area contributed by atoms with Crippen LogP contribution in [0.4, 0.5) is 0 Å². The molecule has 0 saturated heterocycles. The van der Waals surface area contributed by atoms with E-state index in [1.54, 1.807) is 0 Å². The van der Waals surface area contributed by atoms with Crippen molar-refractivity contribution in [3.63, 3.8) is 0 Å². The molecule has 0 radical (unpaired) electrons. The lowest BCUT2D eigenvalue weighted by Gasteiger charge is -2.08. The third-order valence-electron chi connectivity index (χ3n) is 2.53. The average Bonchev–Trinajstić information content (AvgIpc) is 2.39. The highest BCUT2D eigenvalue weighted by Crippen LogP contribution is 2.14.